The number of para-hydroxylation sites is 2. The van der Waals surface area contributed by atoms with Crippen LogP contribution >= 0.6 is 0 Å². The summed E-state index contributed by atoms with van der Waals surface area (Å²) in [7, 11) is 0. The summed E-state index contributed by atoms with van der Waals surface area (Å²) in [6.45, 7) is 0. The smallest absolute Gasteiger partial charge is 0.146 e. The number of anilines is 2. The Hall–Kier alpha value is -2.81. The predicted octanol–water partition coefficient (Wildman–Crippen LogP) is 4.45. The molecule has 0 N–H and O–H groups in total. The fourth-order valence-electron chi connectivity index (χ4n) is 1.90. The van der Waals surface area contributed by atoms with E-state index in [1.165, 1.54) is 0 Å². The van der Waals surface area contributed by atoms with Crippen LogP contribution in [0.1, 0.15) is 5.76 Å². The van der Waals surface area contributed by atoms with Crippen LogP contribution < -0.4 is 5.01 Å². The van der Waals surface area contributed by atoms with Crippen LogP contribution in [0.2, 0.25) is 0 Å². The van der Waals surface area contributed by atoms with Crippen molar-refractivity contribution in [2.24, 2.45) is 5.10 Å². The zero-order chi connectivity index (χ0) is 13.6. The highest BCUT2D eigenvalue weighted by molar-refractivity contribution is 5.78. The van der Waals surface area contributed by atoms with Gasteiger partial charge in [0, 0.05) is 0 Å². The number of benzene rings is 2. The van der Waals surface area contributed by atoms with Crippen LogP contribution in [0.3, 0.4) is 0 Å². The van der Waals surface area contributed by atoms with E-state index in [1.807, 2.05) is 77.8 Å². The molecule has 1 heterocycles. The number of rotatable bonds is 4. The minimum absolute atomic E-state index is 0.724. The Labute approximate surface area is 117 Å². The molecule has 0 aliphatic heterocycles. The van der Waals surface area contributed by atoms with Gasteiger partial charge in [-0.1, -0.05) is 36.4 Å². The van der Waals surface area contributed by atoms with Gasteiger partial charge in [0.1, 0.15) is 5.76 Å². The van der Waals surface area contributed by atoms with Crippen molar-refractivity contribution in [3.63, 3.8) is 0 Å². The Kier molecular flexibility index (Phi) is 3.60. The van der Waals surface area contributed by atoms with E-state index in [-0.39, 0.29) is 0 Å². The SMILES string of the molecule is C(=NN(c1ccccc1)c1ccccc1)c1ccco1. The van der Waals surface area contributed by atoms with E-state index in [2.05, 4.69) is 5.10 Å². The van der Waals surface area contributed by atoms with Crippen molar-refractivity contribution in [3.05, 3.63) is 84.8 Å². The Bertz CT molecular complexity index is 621. The summed E-state index contributed by atoms with van der Waals surface area (Å²) < 4.78 is 5.28. The molecule has 0 saturated heterocycles. The number of hydrogen-bond donors (Lipinski definition) is 0. The van der Waals surface area contributed by atoms with Crippen molar-refractivity contribution >= 4 is 17.6 Å². The van der Waals surface area contributed by atoms with Gasteiger partial charge < -0.3 is 4.42 Å². The second-order valence-electron chi connectivity index (χ2n) is 4.24. The highest BCUT2D eigenvalue weighted by atomic mass is 16.3. The lowest BCUT2D eigenvalue weighted by Crippen LogP contribution is -2.08. The fourth-order valence-corrected chi connectivity index (χ4v) is 1.90. The van der Waals surface area contributed by atoms with Crippen molar-refractivity contribution in [2.75, 3.05) is 5.01 Å². The first-order chi connectivity index (χ1) is 9.93. The molecule has 0 spiro atoms. The third-order valence-electron chi connectivity index (χ3n) is 2.85. The standard InChI is InChI=1S/C17H14N2O/c1-3-8-15(9-4-1)19(16-10-5-2-6-11-16)18-14-17-12-7-13-20-17/h1-14H. The van der Waals surface area contributed by atoms with Crippen molar-refractivity contribution in [3.8, 4) is 0 Å². The van der Waals surface area contributed by atoms with Gasteiger partial charge in [0.2, 0.25) is 0 Å². The minimum Gasteiger partial charge on any atom is -0.463 e. The van der Waals surface area contributed by atoms with E-state index in [0.717, 1.165) is 17.1 Å². The Morgan fingerprint density at radius 2 is 1.35 bits per heavy atom. The highest BCUT2D eigenvalue weighted by Gasteiger charge is 2.06. The maximum atomic E-state index is 5.28. The molecule has 0 bridgehead atoms. The summed E-state index contributed by atoms with van der Waals surface area (Å²) >= 11 is 0. The van der Waals surface area contributed by atoms with Gasteiger partial charge in [0.15, 0.2) is 0 Å². The van der Waals surface area contributed by atoms with Crippen LogP contribution in [0.15, 0.2) is 88.6 Å². The topological polar surface area (TPSA) is 28.7 Å². The Morgan fingerprint density at radius 1 is 0.750 bits per heavy atom. The Balaban J connectivity index is 1.96. The first kappa shape index (κ1) is 12.2. The molecule has 0 amide bonds. The van der Waals surface area contributed by atoms with Crippen LogP contribution in [0.4, 0.5) is 11.4 Å². The van der Waals surface area contributed by atoms with Gasteiger partial charge in [0.05, 0.1) is 23.9 Å². The summed E-state index contributed by atoms with van der Waals surface area (Å²) in [5.41, 5.74) is 2.00. The molecule has 0 radical (unpaired) electrons. The number of nitrogens with zero attached hydrogens (tertiary/aromatic N) is 2. The third kappa shape index (κ3) is 2.78. The van der Waals surface area contributed by atoms with Crippen molar-refractivity contribution in [1.82, 2.24) is 0 Å². The van der Waals surface area contributed by atoms with Gasteiger partial charge >= 0.3 is 0 Å². The van der Waals surface area contributed by atoms with E-state index in [4.69, 9.17) is 4.42 Å². The molecule has 0 aliphatic carbocycles. The summed E-state index contributed by atoms with van der Waals surface area (Å²) in [4.78, 5) is 0. The third-order valence-corrected chi connectivity index (χ3v) is 2.85. The van der Waals surface area contributed by atoms with Crippen molar-refractivity contribution in [1.29, 1.82) is 0 Å². The quantitative estimate of drug-likeness (QED) is 0.513. The molecule has 20 heavy (non-hydrogen) atoms. The van der Waals surface area contributed by atoms with Crippen LogP contribution in [-0.2, 0) is 0 Å². The molecule has 0 fully saturated rings. The lowest BCUT2D eigenvalue weighted by molar-refractivity contribution is 0.560. The van der Waals surface area contributed by atoms with E-state index in [1.54, 1.807) is 12.5 Å². The summed E-state index contributed by atoms with van der Waals surface area (Å²) in [6, 6.07) is 23.8. The van der Waals surface area contributed by atoms with Gasteiger partial charge in [-0.25, -0.2) is 5.01 Å². The summed E-state index contributed by atoms with van der Waals surface area (Å²) in [6.07, 6.45) is 3.34. The molecule has 1 aromatic heterocycles. The number of furan rings is 1. The summed E-state index contributed by atoms with van der Waals surface area (Å²) in [5, 5.41) is 6.40. The second kappa shape index (κ2) is 5.89. The molecule has 2 aromatic carbocycles. The fraction of sp³-hybridized carbons (Fsp3) is 0. The first-order valence-corrected chi connectivity index (χ1v) is 6.41. The maximum Gasteiger partial charge on any atom is 0.146 e. The molecule has 3 aromatic rings. The lowest BCUT2D eigenvalue weighted by Gasteiger charge is -2.18. The normalized spacial score (nSPS) is 10.8. The first-order valence-electron chi connectivity index (χ1n) is 6.41. The van der Waals surface area contributed by atoms with Gasteiger partial charge in [-0.2, -0.15) is 5.10 Å². The second-order valence-corrected chi connectivity index (χ2v) is 4.24. The van der Waals surface area contributed by atoms with E-state index in [9.17, 15) is 0 Å². The molecule has 3 heteroatoms. The van der Waals surface area contributed by atoms with Crippen LogP contribution in [0.5, 0.6) is 0 Å². The van der Waals surface area contributed by atoms with Gasteiger partial charge in [0.25, 0.3) is 0 Å². The molecule has 0 atom stereocenters. The van der Waals surface area contributed by atoms with Gasteiger partial charge in [-0.3, -0.25) is 0 Å². The van der Waals surface area contributed by atoms with E-state index >= 15 is 0 Å². The van der Waals surface area contributed by atoms with E-state index in [0.29, 0.717) is 0 Å². The van der Waals surface area contributed by atoms with Crippen LogP contribution in [0.25, 0.3) is 0 Å². The molecular weight excluding hydrogens is 248 g/mol. The molecule has 0 saturated carbocycles. The van der Waals surface area contributed by atoms with Gasteiger partial charge in [-0.15, -0.1) is 0 Å². The zero-order valence-electron chi connectivity index (χ0n) is 10.9. The number of hydrazone groups is 1. The van der Waals surface area contributed by atoms with Crippen molar-refractivity contribution in [2.45, 2.75) is 0 Å². The predicted molar refractivity (Wildman–Crippen MR) is 81.3 cm³/mol. The largest absolute Gasteiger partial charge is 0.463 e. The molecule has 3 rings (SSSR count). The molecule has 98 valence electrons. The summed E-state index contributed by atoms with van der Waals surface area (Å²) in [5.74, 6) is 0.724. The number of hydrogen-bond acceptors (Lipinski definition) is 3. The van der Waals surface area contributed by atoms with Crippen molar-refractivity contribution < 1.29 is 4.42 Å². The zero-order valence-corrected chi connectivity index (χ0v) is 10.9. The average Bonchev–Trinajstić information content (AvgIpc) is 3.03. The van der Waals surface area contributed by atoms with Gasteiger partial charge in [-0.05, 0) is 36.4 Å². The molecule has 3 nitrogen and oxygen atoms in total. The monoisotopic (exact) mass is 262 g/mol. The minimum atomic E-state index is 0.724. The van der Waals surface area contributed by atoms with Crippen LogP contribution in [-0.4, -0.2) is 6.21 Å². The average molecular weight is 262 g/mol. The van der Waals surface area contributed by atoms with Crippen LogP contribution in [0, 0.1) is 0 Å². The molecule has 0 unspecified atom stereocenters. The molecule has 0 aliphatic rings. The highest BCUT2D eigenvalue weighted by Crippen LogP contribution is 2.25. The van der Waals surface area contributed by atoms with E-state index < -0.39 is 0 Å². The maximum absolute atomic E-state index is 5.28. The Morgan fingerprint density at radius 3 is 1.85 bits per heavy atom. The lowest BCUT2D eigenvalue weighted by atomic mass is 10.2. The molecular formula is C17H14N2O.